The molecule has 1 fully saturated rings. The number of piperidine rings is 1. The van der Waals surface area contributed by atoms with Crippen molar-refractivity contribution in [3.05, 3.63) is 59.4 Å². The number of rotatable bonds is 10. The maximum atomic E-state index is 13.9. The molecule has 198 valence electrons. The average Bonchev–Trinajstić information content (AvgIpc) is 2.76. The molecule has 0 saturated carbocycles. The molecule has 8 N–H and O–H groups in total. The van der Waals surface area contributed by atoms with E-state index in [0.29, 0.717) is 30.4 Å². The van der Waals surface area contributed by atoms with E-state index < -0.39 is 5.82 Å². The number of nitrogens with two attached hydrogens (primary N) is 2. The zero-order valence-corrected chi connectivity index (χ0v) is 21.7. The van der Waals surface area contributed by atoms with Crippen LogP contribution in [0.2, 0.25) is 0 Å². The Morgan fingerprint density at radius 2 is 1.51 bits per heavy atom. The molecule has 0 aliphatic carbocycles. The third kappa shape index (κ3) is 10.9. The highest BCUT2D eigenvalue weighted by molar-refractivity contribution is 5.95. The Bertz CT molecular complexity index is 914. The lowest BCUT2D eigenvalue weighted by Gasteiger charge is -2.31. The van der Waals surface area contributed by atoms with Gasteiger partial charge in [-0.1, -0.05) is 0 Å². The van der Waals surface area contributed by atoms with E-state index in [9.17, 15) is 4.39 Å². The summed E-state index contributed by atoms with van der Waals surface area (Å²) in [6.07, 6.45) is 3.03. The van der Waals surface area contributed by atoms with Crippen LogP contribution in [0.25, 0.3) is 0 Å². The third-order valence-corrected chi connectivity index (χ3v) is 5.48. The molecule has 3 rings (SSSR count). The van der Waals surface area contributed by atoms with Crippen LogP contribution in [0.4, 0.5) is 4.39 Å². The van der Waals surface area contributed by atoms with Gasteiger partial charge in [0.2, 0.25) is 0 Å². The van der Waals surface area contributed by atoms with Gasteiger partial charge in [-0.25, -0.2) is 4.39 Å². The number of hydrogen-bond acceptors (Lipinski definition) is 5. The van der Waals surface area contributed by atoms with Crippen LogP contribution in [0.15, 0.2) is 42.5 Å². The minimum Gasteiger partial charge on any atom is -0.494 e. The number of amidine groups is 2. The lowest BCUT2D eigenvalue weighted by atomic mass is 9.97. The fraction of sp³-hybridized carbons (Fsp3) is 0.391. The molecule has 0 unspecified atom stereocenters. The van der Waals surface area contributed by atoms with Crippen LogP contribution >= 0.6 is 37.2 Å². The largest absolute Gasteiger partial charge is 0.494 e. The first-order valence-corrected chi connectivity index (χ1v) is 10.5. The van der Waals surface area contributed by atoms with Crippen LogP contribution < -0.4 is 20.9 Å². The molecule has 1 aliphatic rings. The van der Waals surface area contributed by atoms with Crippen LogP contribution in [0, 0.1) is 22.6 Å². The predicted octanol–water partition coefficient (Wildman–Crippen LogP) is 3.39. The van der Waals surface area contributed by atoms with Crippen molar-refractivity contribution in [2.45, 2.75) is 19.3 Å². The van der Waals surface area contributed by atoms with Crippen molar-refractivity contribution >= 4 is 48.9 Å². The van der Waals surface area contributed by atoms with Crippen molar-refractivity contribution in [1.82, 2.24) is 4.90 Å². The molecule has 8 nitrogen and oxygen atoms in total. The van der Waals surface area contributed by atoms with E-state index in [4.69, 9.17) is 31.8 Å². The molecule has 0 radical (unpaired) electrons. The van der Waals surface area contributed by atoms with Gasteiger partial charge in [-0.15, -0.1) is 37.2 Å². The molecule has 0 spiro atoms. The van der Waals surface area contributed by atoms with E-state index >= 15 is 0 Å². The topological polar surface area (TPSA) is 153 Å². The van der Waals surface area contributed by atoms with Crippen LogP contribution in [-0.4, -0.2) is 54.9 Å². The summed E-state index contributed by atoms with van der Waals surface area (Å²) in [5.41, 5.74) is 11.6. The summed E-state index contributed by atoms with van der Waals surface area (Å²) in [5.74, 6) is 0.942. The van der Waals surface area contributed by atoms with Crippen LogP contribution in [0.3, 0.4) is 0 Å². The molecule has 12 heteroatoms. The molecule has 2 aromatic rings. The van der Waals surface area contributed by atoms with E-state index in [0.717, 1.165) is 44.6 Å². The van der Waals surface area contributed by atoms with Crippen molar-refractivity contribution in [3.8, 4) is 11.5 Å². The summed E-state index contributed by atoms with van der Waals surface area (Å²) in [5, 5.41) is 14.7. The van der Waals surface area contributed by atoms with Gasteiger partial charge in [0.05, 0.1) is 18.8 Å². The zero-order chi connectivity index (χ0) is 22.2. The molecule has 1 saturated heterocycles. The maximum absolute atomic E-state index is 13.9. The summed E-state index contributed by atoms with van der Waals surface area (Å²) < 4.78 is 25.4. The van der Waals surface area contributed by atoms with E-state index in [1.807, 2.05) is 12.1 Å². The standard InChI is InChI=1S/C23H30FN5O2.3ClH.H2O/c24-21-14-19(6-7-20(21)23(27)28)31-15-16-8-11-29(12-9-16)10-1-13-30-18-4-2-17(3-5-18)22(25)26;;;;/h2-7,14,16H,1,8-13,15H2,(H3,25,26)(H3,27,28);3*1H;1H2. The molecular formula is C23H35Cl3FN5O3. The molecule has 0 bridgehead atoms. The number of ether oxygens (including phenoxy) is 2. The van der Waals surface area contributed by atoms with Gasteiger partial charge in [0.15, 0.2) is 0 Å². The number of nitrogens with one attached hydrogen (secondary N) is 2. The first-order chi connectivity index (χ1) is 14.9. The summed E-state index contributed by atoms with van der Waals surface area (Å²) in [6.45, 7) is 4.21. The smallest absolute Gasteiger partial charge is 0.137 e. The van der Waals surface area contributed by atoms with Crippen molar-refractivity contribution in [3.63, 3.8) is 0 Å². The highest BCUT2D eigenvalue weighted by Gasteiger charge is 2.19. The molecule has 2 aromatic carbocycles. The van der Waals surface area contributed by atoms with Crippen molar-refractivity contribution < 1.29 is 19.3 Å². The molecule has 1 aliphatic heterocycles. The molecule has 0 atom stereocenters. The summed E-state index contributed by atoms with van der Waals surface area (Å²) in [7, 11) is 0. The third-order valence-electron chi connectivity index (χ3n) is 5.48. The van der Waals surface area contributed by atoms with Crippen molar-refractivity contribution in [2.24, 2.45) is 17.4 Å². The van der Waals surface area contributed by atoms with E-state index in [2.05, 4.69) is 4.90 Å². The molecule has 0 aromatic heterocycles. The van der Waals surface area contributed by atoms with Crippen molar-refractivity contribution in [1.29, 1.82) is 10.8 Å². The monoisotopic (exact) mass is 553 g/mol. The highest BCUT2D eigenvalue weighted by Crippen LogP contribution is 2.21. The molecule has 0 amide bonds. The minimum atomic E-state index is -0.531. The second kappa shape index (κ2) is 17.2. The average molecular weight is 555 g/mol. The highest BCUT2D eigenvalue weighted by atomic mass is 35.5. The maximum Gasteiger partial charge on any atom is 0.137 e. The second-order valence-electron chi connectivity index (χ2n) is 7.79. The fourth-order valence-electron chi connectivity index (χ4n) is 3.60. The summed E-state index contributed by atoms with van der Waals surface area (Å²) in [6, 6.07) is 11.7. The van der Waals surface area contributed by atoms with Gasteiger partial charge in [-0.3, -0.25) is 10.8 Å². The Hall–Kier alpha value is -2.30. The predicted molar refractivity (Wildman–Crippen MR) is 145 cm³/mol. The van der Waals surface area contributed by atoms with Gasteiger partial charge in [0.1, 0.15) is 29.0 Å². The number of halogens is 4. The number of likely N-dealkylation sites (tertiary alicyclic amines) is 1. The quantitative estimate of drug-likeness (QED) is 0.201. The van der Waals surface area contributed by atoms with E-state index in [1.165, 1.54) is 12.1 Å². The van der Waals surface area contributed by atoms with Gasteiger partial charge in [-0.2, -0.15) is 0 Å². The summed E-state index contributed by atoms with van der Waals surface area (Å²) >= 11 is 0. The summed E-state index contributed by atoms with van der Waals surface area (Å²) in [4.78, 5) is 2.43. The Morgan fingerprint density at radius 1 is 0.914 bits per heavy atom. The molecule has 35 heavy (non-hydrogen) atoms. The lowest BCUT2D eigenvalue weighted by Crippen LogP contribution is -2.36. The normalized spacial score (nSPS) is 13.2. The SMILES string of the molecule is Cl.Cl.Cl.N=C(N)c1ccc(OCCCN2CCC(COc3ccc(C(=N)N)c(F)c3)CC2)cc1.O. The molecular weight excluding hydrogens is 520 g/mol. The molecule has 1 heterocycles. The first-order valence-electron chi connectivity index (χ1n) is 10.5. The lowest BCUT2D eigenvalue weighted by molar-refractivity contribution is 0.135. The van der Waals surface area contributed by atoms with E-state index in [-0.39, 0.29) is 59.9 Å². The Kier molecular flexibility index (Phi) is 17.1. The number of nitrogen functional groups attached to an aromatic ring is 2. The second-order valence-corrected chi connectivity index (χ2v) is 7.79. The van der Waals surface area contributed by atoms with Gasteiger partial charge in [0, 0.05) is 18.2 Å². The van der Waals surface area contributed by atoms with Gasteiger partial charge in [-0.05, 0) is 74.7 Å². The van der Waals surface area contributed by atoms with Crippen molar-refractivity contribution in [2.75, 3.05) is 32.8 Å². The number of benzene rings is 2. The Labute approximate surface area is 224 Å². The fourth-order valence-corrected chi connectivity index (χ4v) is 3.60. The minimum absolute atomic E-state index is 0. The van der Waals surface area contributed by atoms with Crippen LogP contribution in [0.5, 0.6) is 11.5 Å². The number of nitrogens with zero attached hydrogens (tertiary/aromatic N) is 1. The van der Waals surface area contributed by atoms with Gasteiger partial charge in [0.25, 0.3) is 0 Å². The Morgan fingerprint density at radius 3 is 2.06 bits per heavy atom. The zero-order valence-electron chi connectivity index (χ0n) is 19.3. The van der Waals surface area contributed by atoms with Crippen LogP contribution in [-0.2, 0) is 0 Å². The van der Waals surface area contributed by atoms with Gasteiger partial charge < -0.3 is 31.3 Å². The van der Waals surface area contributed by atoms with Gasteiger partial charge >= 0.3 is 0 Å². The van der Waals surface area contributed by atoms with E-state index in [1.54, 1.807) is 18.2 Å². The Balaban J connectivity index is 0. The number of hydrogen-bond donors (Lipinski definition) is 4. The first kappa shape index (κ1) is 34.9. The van der Waals surface area contributed by atoms with Crippen LogP contribution in [0.1, 0.15) is 30.4 Å².